The van der Waals surface area contributed by atoms with Crippen LogP contribution in [0, 0.1) is 23.2 Å². The molecule has 0 fully saturated rings. The van der Waals surface area contributed by atoms with Crippen molar-refractivity contribution in [3.8, 4) is 11.1 Å². The summed E-state index contributed by atoms with van der Waals surface area (Å²) in [6.07, 6.45) is 0. The van der Waals surface area contributed by atoms with Gasteiger partial charge in [-0.2, -0.15) is 0 Å². The zero-order valence-corrected chi connectivity index (χ0v) is 11.4. The molecule has 2 aromatic rings. The lowest BCUT2D eigenvalue weighted by Gasteiger charge is -2.08. The number of halogens is 2. The fourth-order valence-electron chi connectivity index (χ4n) is 1.76. The molecular formula is C14H12FI. The van der Waals surface area contributed by atoms with Gasteiger partial charge in [-0.1, -0.05) is 12.1 Å². The fourth-order valence-corrected chi connectivity index (χ4v) is 2.41. The zero-order chi connectivity index (χ0) is 11.7. The summed E-state index contributed by atoms with van der Waals surface area (Å²) >= 11 is 2.29. The molecule has 0 aliphatic carbocycles. The molecule has 2 rings (SSSR count). The molecule has 0 spiro atoms. The predicted molar refractivity (Wildman–Crippen MR) is 74.0 cm³/mol. The van der Waals surface area contributed by atoms with Crippen LogP contribution in [0.15, 0.2) is 36.4 Å². The molecule has 0 saturated heterocycles. The molecule has 0 saturated carbocycles. The Morgan fingerprint density at radius 2 is 1.69 bits per heavy atom. The molecule has 0 aliphatic heterocycles. The van der Waals surface area contributed by atoms with Gasteiger partial charge in [0.15, 0.2) is 0 Å². The van der Waals surface area contributed by atoms with Crippen molar-refractivity contribution in [2.24, 2.45) is 0 Å². The molecule has 2 aromatic carbocycles. The molecule has 0 bridgehead atoms. The van der Waals surface area contributed by atoms with Crippen LogP contribution in [0.2, 0.25) is 0 Å². The molecular weight excluding hydrogens is 314 g/mol. The van der Waals surface area contributed by atoms with E-state index >= 15 is 0 Å². The summed E-state index contributed by atoms with van der Waals surface area (Å²) in [4.78, 5) is 0. The van der Waals surface area contributed by atoms with Crippen molar-refractivity contribution < 1.29 is 4.39 Å². The Morgan fingerprint density at radius 3 is 2.31 bits per heavy atom. The predicted octanol–water partition coefficient (Wildman–Crippen LogP) is 4.71. The summed E-state index contributed by atoms with van der Waals surface area (Å²) in [6.45, 7) is 3.87. The first-order chi connectivity index (χ1) is 7.58. The Bertz CT molecular complexity index is 532. The van der Waals surface area contributed by atoms with Crippen molar-refractivity contribution >= 4 is 22.6 Å². The lowest BCUT2D eigenvalue weighted by molar-refractivity contribution is 0.619. The topological polar surface area (TPSA) is 0 Å². The van der Waals surface area contributed by atoms with Crippen molar-refractivity contribution in [1.82, 2.24) is 0 Å². The number of benzene rings is 2. The number of rotatable bonds is 1. The van der Waals surface area contributed by atoms with Crippen LogP contribution < -0.4 is 0 Å². The normalized spacial score (nSPS) is 10.5. The summed E-state index contributed by atoms with van der Waals surface area (Å²) in [7, 11) is 0. The van der Waals surface area contributed by atoms with Gasteiger partial charge < -0.3 is 0 Å². The second kappa shape index (κ2) is 4.53. The summed E-state index contributed by atoms with van der Waals surface area (Å²) in [5.74, 6) is -0.146. The molecule has 0 nitrogen and oxygen atoms in total. The molecule has 0 aromatic heterocycles. The molecule has 0 N–H and O–H groups in total. The summed E-state index contributed by atoms with van der Waals surface area (Å²) < 4.78 is 14.4. The van der Waals surface area contributed by atoms with Crippen molar-refractivity contribution in [2.45, 2.75) is 13.8 Å². The Morgan fingerprint density at radius 1 is 0.938 bits per heavy atom. The van der Waals surface area contributed by atoms with Gasteiger partial charge >= 0.3 is 0 Å². The number of hydrogen-bond acceptors (Lipinski definition) is 0. The van der Waals surface area contributed by atoms with Gasteiger partial charge in [0.25, 0.3) is 0 Å². The van der Waals surface area contributed by atoms with Crippen molar-refractivity contribution in [1.29, 1.82) is 0 Å². The highest BCUT2D eigenvalue weighted by atomic mass is 127. The van der Waals surface area contributed by atoms with Crippen molar-refractivity contribution in [3.05, 3.63) is 56.9 Å². The molecule has 82 valence electrons. The molecule has 0 unspecified atom stereocenters. The minimum Gasteiger partial charge on any atom is -0.207 e. The van der Waals surface area contributed by atoms with Gasteiger partial charge in [0.05, 0.1) is 0 Å². The van der Waals surface area contributed by atoms with E-state index in [2.05, 4.69) is 47.7 Å². The third-order valence-electron chi connectivity index (χ3n) is 2.66. The first-order valence-corrected chi connectivity index (χ1v) is 6.18. The maximum Gasteiger partial charge on any atom is 0.126 e. The van der Waals surface area contributed by atoms with Gasteiger partial charge in [0.1, 0.15) is 5.82 Å². The van der Waals surface area contributed by atoms with Gasteiger partial charge in [0.2, 0.25) is 0 Å². The van der Waals surface area contributed by atoms with Crippen LogP contribution in [0.4, 0.5) is 4.39 Å². The van der Waals surface area contributed by atoms with Crippen LogP contribution in [0.25, 0.3) is 11.1 Å². The van der Waals surface area contributed by atoms with Crippen LogP contribution in [0.3, 0.4) is 0 Å². The maximum atomic E-state index is 13.2. The van der Waals surface area contributed by atoms with Crippen LogP contribution in [-0.2, 0) is 0 Å². The molecule has 16 heavy (non-hydrogen) atoms. The monoisotopic (exact) mass is 326 g/mol. The second-order valence-electron chi connectivity index (χ2n) is 3.92. The van der Waals surface area contributed by atoms with Crippen LogP contribution in [-0.4, -0.2) is 0 Å². The van der Waals surface area contributed by atoms with Crippen molar-refractivity contribution in [2.75, 3.05) is 0 Å². The Balaban J connectivity index is 2.54. The van der Waals surface area contributed by atoms with Crippen LogP contribution in [0.5, 0.6) is 0 Å². The first-order valence-electron chi connectivity index (χ1n) is 5.10. The smallest absolute Gasteiger partial charge is 0.126 e. The quantitative estimate of drug-likeness (QED) is 0.666. The lowest BCUT2D eigenvalue weighted by atomic mass is 9.99. The van der Waals surface area contributed by atoms with E-state index in [1.807, 2.05) is 12.1 Å². The zero-order valence-electron chi connectivity index (χ0n) is 9.22. The molecule has 0 aliphatic rings. The number of aryl methyl sites for hydroxylation is 2. The molecule has 0 heterocycles. The summed E-state index contributed by atoms with van der Waals surface area (Å²) in [5.41, 5.74) is 4.16. The number of hydrogen-bond donors (Lipinski definition) is 0. The highest BCUT2D eigenvalue weighted by Crippen LogP contribution is 2.26. The van der Waals surface area contributed by atoms with Crippen LogP contribution >= 0.6 is 22.6 Å². The van der Waals surface area contributed by atoms with Gasteiger partial charge in [0, 0.05) is 3.57 Å². The molecule has 0 atom stereocenters. The van der Waals surface area contributed by atoms with E-state index in [4.69, 9.17) is 0 Å². The average Bonchev–Trinajstić information content (AvgIpc) is 2.22. The minimum absolute atomic E-state index is 0.146. The standard InChI is InChI=1S/C14H12FI/c1-9-8-12(16)4-5-13(9)11-3-6-14(15)10(2)7-11/h3-8H,1-2H3. The van der Waals surface area contributed by atoms with Crippen molar-refractivity contribution in [3.63, 3.8) is 0 Å². The maximum absolute atomic E-state index is 13.2. The van der Waals surface area contributed by atoms with E-state index in [0.29, 0.717) is 5.56 Å². The van der Waals surface area contributed by atoms with E-state index < -0.39 is 0 Å². The fraction of sp³-hybridized carbons (Fsp3) is 0.143. The average molecular weight is 326 g/mol. The Labute approximate surface area is 109 Å². The molecule has 0 radical (unpaired) electrons. The third kappa shape index (κ3) is 2.26. The van der Waals surface area contributed by atoms with E-state index in [1.165, 1.54) is 20.8 Å². The van der Waals surface area contributed by atoms with E-state index in [1.54, 1.807) is 6.92 Å². The summed E-state index contributed by atoms with van der Waals surface area (Å²) in [5, 5.41) is 0. The second-order valence-corrected chi connectivity index (χ2v) is 5.17. The largest absolute Gasteiger partial charge is 0.207 e. The highest BCUT2D eigenvalue weighted by Gasteiger charge is 2.04. The Hall–Kier alpha value is -0.900. The van der Waals surface area contributed by atoms with Gasteiger partial charge in [-0.25, -0.2) is 4.39 Å². The van der Waals surface area contributed by atoms with Crippen LogP contribution in [0.1, 0.15) is 11.1 Å². The third-order valence-corrected chi connectivity index (χ3v) is 3.33. The molecule has 0 amide bonds. The molecule has 2 heteroatoms. The minimum atomic E-state index is -0.146. The van der Waals surface area contributed by atoms with E-state index in [0.717, 1.165) is 5.56 Å². The Kier molecular flexibility index (Phi) is 3.28. The summed E-state index contributed by atoms with van der Waals surface area (Å²) in [6, 6.07) is 11.5. The first kappa shape index (κ1) is 11.6. The lowest BCUT2D eigenvalue weighted by Crippen LogP contribution is -1.87. The highest BCUT2D eigenvalue weighted by molar-refractivity contribution is 14.1. The van der Waals surface area contributed by atoms with Gasteiger partial charge in [-0.05, 0) is 83.0 Å². The SMILES string of the molecule is Cc1cc(-c2ccc(I)cc2C)ccc1F. The van der Waals surface area contributed by atoms with Gasteiger partial charge in [-0.3, -0.25) is 0 Å². The van der Waals surface area contributed by atoms with E-state index in [9.17, 15) is 4.39 Å². The van der Waals surface area contributed by atoms with E-state index in [-0.39, 0.29) is 5.82 Å². The van der Waals surface area contributed by atoms with Gasteiger partial charge in [-0.15, -0.1) is 0 Å².